The predicted molar refractivity (Wildman–Crippen MR) is 97.0 cm³/mol. The number of nitrogens with zero attached hydrogens (tertiary/aromatic N) is 2. The van der Waals surface area contributed by atoms with Crippen molar-refractivity contribution >= 4 is 17.7 Å². The molecule has 1 saturated heterocycles. The minimum atomic E-state index is -0.468. The Morgan fingerprint density at radius 3 is 1.81 bits per heavy atom. The lowest BCUT2D eigenvalue weighted by Gasteiger charge is -2.59. The summed E-state index contributed by atoms with van der Waals surface area (Å²) < 4.78 is 0. The molecule has 0 aromatic carbocycles. The molecular weight excluding hydrogens is 330 g/mol. The Kier molecular flexibility index (Phi) is 4.48. The topological polar surface area (TPSA) is 69.7 Å². The average Bonchev–Trinajstić information content (AvgIpc) is 2.60. The molecule has 5 aliphatic rings. The molecule has 5 fully saturated rings. The Morgan fingerprint density at radius 2 is 1.35 bits per heavy atom. The summed E-state index contributed by atoms with van der Waals surface area (Å²) in [6, 6.07) is 0.0610. The summed E-state index contributed by atoms with van der Waals surface area (Å²) in [6.07, 6.45) is 7.77. The normalized spacial score (nSPS) is 36.8. The number of piperazine rings is 1. The molecule has 0 spiro atoms. The van der Waals surface area contributed by atoms with Crippen LogP contribution in [0.3, 0.4) is 0 Å². The lowest BCUT2D eigenvalue weighted by Crippen LogP contribution is -2.59. The summed E-state index contributed by atoms with van der Waals surface area (Å²) >= 11 is 0. The number of amides is 3. The van der Waals surface area contributed by atoms with Crippen LogP contribution in [0.5, 0.6) is 0 Å². The largest absolute Gasteiger partial charge is 0.345 e. The van der Waals surface area contributed by atoms with Crippen LogP contribution in [0.4, 0.5) is 0 Å². The van der Waals surface area contributed by atoms with Gasteiger partial charge in [0, 0.05) is 39.1 Å². The molecular formula is C20H31N3O3. The number of hydrogen-bond donors (Lipinski definition) is 1. The van der Waals surface area contributed by atoms with Gasteiger partial charge in [0.25, 0.3) is 0 Å². The lowest BCUT2D eigenvalue weighted by molar-refractivity contribution is -0.149. The first-order valence-electron chi connectivity index (χ1n) is 10.2. The molecule has 1 heterocycles. The van der Waals surface area contributed by atoms with Crippen LogP contribution in [-0.2, 0) is 14.4 Å². The van der Waals surface area contributed by atoms with Gasteiger partial charge in [-0.1, -0.05) is 0 Å². The predicted octanol–water partition coefficient (Wildman–Crippen LogP) is 1.40. The van der Waals surface area contributed by atoms with E-state index in [0.717, 1.165) is 17.8 Å². The quantitative estimate of drug-likeness (QED) is 0.756. The zero-order valence-electron chi connectivity index (χ0n) is 16.0. The molecule has 4 saturated carbocycles. The van der Waals surface area contributed by atoms with Crippen molar-refractivity contribution in [1.82, 2.24) is 15.1 Å². The van der Waals surface area contributed by atoms with Gasteiger partial charge in [-0.05, 0) is 68.6 Å². The highest BCUT2D eigenvalue weighted by Gasteiger charge is 2.53. The summed E-state index contributed by atoms with van der Waals surface area (Å²) in [5.74, 6) is 1.61. The Morgan fingerprint density at radius 1 is 0.885 bits per heavy atom. The van der Waals surface area contributed by atoms with Crippen molar-refractivity contribution in [2.45, 2.75) is 58.4 Å². The van der Waals surface area contributed by atoms with E-state index >= 15 is 0 Å². The third-order valence-corrected chi connectivity index (χ3v) is 7.56. The first kappa shape index (κ1) is 17.8. The Balaban J connectivity index is 1.34. The van der Waals surface area contributed by atoms with E-state index in [-0.39, 0.29) is 17.4 Å². The molecule has 4 bridgehead atoms. The molecule has 1 unspecified atom stereocenters. The Labute approximate surface area is 155 Å². The molecule has 6 heteroatoms. The molecule has 3 amide bonds. The molecule has 5 rings (SSSR count). The van der Waals surface area contributed by atoms with Crippen molar-refractivity contribution in [2.24, 2.45) is 23.2 Å². The minimum Gasteiger partial charge on any atom is -0.345 e. The maximum Gasteiger partial charge on any atom is 0.312 e. The zero-order valence-corrected chi connectivity index (χ0v) is 16.0. The van der Waals surface area contributed by atoms with Gasteiger partial charge in [0.05, 0.1) is 0 Å². The first-order chi connectivity index (χ1) is 12.4. The monoisotopic (exact) mass is 361 g/mol. The van der Waals surface area contributed by atoms with E-state index < -0.39 is 11.8 Å². The number of hydrogen-bond acceptors (Lipinski definition) is 3. The van der Waals surface area contributed by atoms with Crippen molar-refractivity contribution in [3.05, 3.63) is 0 Å². The molecule has 0 aromatic heterocycles. The van der Waals surface area contributed by atoms with Gasteiger partial charge >= 0.3 is 11.8 Å². The van der Waals surface area contributed by atoms with Gasteiger partial charge in [-0.2, -0.15) is 0 Å². The SMILES string of the molecule is CC(=O)N1CCN(C(=O)C(=O)NC(C)C23CC4CC(CC(C4)C2)C3)CC1. The molecule has 6 nitrogen and oxygen atoms in total. The van der Waals surface area contributed by atoms with E-state index in [4.69, 9.17) is 0 Å². The van der Waals surface area contributed by atoms with E-state index in [1.807, 2.05) is 0 Å². The fourth-order valence-corrected chi connectivity index (χ4v) is 6.49. The van der Waals surface area contributed by atoms with Crippen molar-refractivity contribution in [1.29, 1.82) is 0 Å². The fraction of sp³-hybridized carbons (Fsp3) is 0.850. The van der Waals surface area contributed by atoms with Crippen molar-refractivity contribution < 1.29 is 14.4 Å². The Hall–Kier alpha value is -1.59. The third kappa shape index (κ3) is 3.12. The van der Waals surface area contributed by atoms with Gasteiger partial charge < -0.3 is 15.1 Å². The van der Waals surface area contributed by atoms with Gasteiger partial charge in [0.15, 0.2) is 0 Å². The fourth-order valence-electron chi connectivity index (χ4n) is 6.49. The maximum absolute atomic E-state index is 12.6. The Bertz CT molecular complexity index is 574. The second-order valence-corrected chi connectivity index (χ2v) is 9.27. The zero-order chi connectivity index (χ0) is 18.5. The molecule has 1 aliphatic heterocycles. The van der Waals surface area contributed by atoms with Crippen molar-refractivity contribution in [2.75, 3.05) is 26.2 Å². The summed E-state index contributed by atoms with van der Waals surface area (Å²) in [5.41, 5.74) is 0.206. The van der Waals surface area contributed by atoms with Crippen molar-refractivity contribution in [3.8, 4) is 0 Å². The summed E-state index contributed by atoms with van der Waals surface area (Å²) in [5, 5.41) is 3.06. The van der Waals surface area contributed by atoms with E-state index in [2.05, 4.69) is 12.2 Å². The smallest absolute Gasteiger partial charge is 0.312 e. The minimum absolute atomic E-state index is 0.0250. The molecule has 4 aliphatic carbocycles. The van der Waals surface area contributed by atoms with E-state index in [1.54, 1.807) is 9.80 Å². The average molecular weight is 361 g/mol. The van der Waals surface area contributed by atoms with Gasteiger partial charge in [-0.3, -0.25) is 14.4 Å². The number of carbonyl (C=O) groups excluding carboxylic acids is 3. The highest BCUT2D eigenvalue weighted by Crippen LogP contribution is 2.61. The molecule has 144 valence electrons. The number of nitrogens with one attached hydrogen (secondary N) is 1. The highest BCUT2D eigenvalue weighted by molar-refractivity contribution is 6.35. The standard InChI is InChI=1S/C20H31N3O3/c1-13(20-10-15-7-16(11-20)9-17(8-15)12-20)21-18(25)19(26)23-5-3-22(4-6-23)14(2)24/h13,15-17H,3-12H2,1-2H3,(H,21,25). The number of carbonyl (C=O) groups is 3. The van der Waals surface area contributed by atoms with E-state index in [1.165, 1.54) is 45.4 Å². The second kappa shape index (κ2) is 6.54. The summed E-state index contributed by atoms with van der Waals surface area (Å²) in [4.78, 5) is 39.8. The van der Waals surface area contributed by atoms with Crippen LogP contribution in [0.25, 0.3) is 0 Å². The molecule has 1 N–H and O–H groups in total. The molecule has 26 heavy (non-hydrogen) atoms. The van der Waals surface area contributed by atoms with Crippen LogP contribution in [0.1, 0.15) is 52.4 Å². The van der Waals surface area contributed by atoms with E-state index in [9.17, 15) is 14.4 Å². The van der Waals surface area contributed by atoms with Crippen LogP contribution in [0, 0.1) is 23.2 Å². The van der Waals surface area contributed by atoms with E-state index in [0.29, 0.717) is 26.2 Å². The summed E-state index contributed by atoms with van der Waals surface area (Å²) in [6.45, 7) is 5.55. The third-order valence-electron chi connectivity index (χ3n) is 7.56. The van der Waals surface area contributed by atoms with Gasteiger partial charge in [-0.25, -0.2) is 0 Å². The van der Waals surface area contributed by atoms with Crippen LogP contribution in [-0.4, -0.2) is 59.7 Å². The maximum atomic E-state index is 12.6. The highest BCUT2D eigenvalue weighted by atomic mass is 16.2. The van der Waals surface area contributed by atoms with Crippen LogP contribution in [0.15, 0.2) is 0 Å². The molecule has 1 atom stereocenters. The van der Waals surface area contributed by atoms with Crippen molar-refractivity contribution in [3.63, 3.8) is 0 Å². The molecule has 0 aromatic rings. The van der Waals surface area contributed by atoms with Crippen LogP contribution < -0.4 is 5.32 Å². The van der Waals surface area contributed by atoms with Gasteiger partial charge in [0.2, 0.25) is 5.91 Å². The van der Waals surface area contributed by atoms with Gasteiger partial charge in [-0.15, -0.1) is 0 Å². The molecule has 0 radical (unpaired) electrons. The lowest BCUT2D eigenvalue weighted by atomic mass is 9.48. The first-order valence-corrected chi connectivity index (χ1v) is 10.2. The van der Waals surface area contributed by atoms with Crippen LogP contribution >= 0.6 is 0 Å². The second-order valence-electron chi connectivity index (χ2n) is 9.27. The van der Waals surface area contributed by atoms with Crippen LogP contribution in [0.2, 0.25) is 0 Å². The van der Waals surface area contributed by atoms with Gasteiger partial charge in [0.1, 0.15) is 0 Å². The summed E-state index contributed by atoms with van der Waals surface area (Å²) in [7, 11) is 0. The number of rotatable bonds is 2.